The van der Waals surface area contributed by atoms with Crippen molar-refractivity contribution in [3.8, 4) is 5.75 Å². The Labute approximate surface area is 116 Å². The first-order valence-electron chi connectivity index (χ1n) is 6.12. The number of thioether (sulfide) groups is 1. The summed E-state index contributed by atoms with van der Waals surface area (Å²) < 4.78 is 5.51. The van der Waals surface area contributed by atoms with Crippen molar-refractivity contribution in [1.29, 1.82) is 0 Å². The van der Waals surface area contributed by atoms with E-state index in [0.29, 0.717) is 43.2 Å². The first-order chi connectivity index (χ1) is 9.16. The van der Waals surface area contributed by atoms with Gasteiger partial charge in [-0.05, 0) is 18.6 Å². The molecule has 1 saturated heterocycles. The highest BCUT2D eigenvalue weighted by molar-refractivity contribution is 8.13. The number of hydrogen-bond donors (Lipinski definition) is 1. The highest BCUT2D eigenvalue weighted by Crippen LogP contribution is 2.19. The fraction of sp³-hybridized carbons (Fsp3) is 0.385. The Morgan fingerprint density at radius 3 is 2.95 bits per heavy atom. The molecule has 0 spiro atoms. The first-order valence-corrected chi connectivity index (χ1v) is 7.11. The predicted molar refractivity (Wildman–Crippen MR) is 75.2 cm³/mol. The molecular weight excluding hydrogens is 264 g/mol. The molecule has 1 aromatic rings. The van der Waals surface area contributed by atoms with Gasteiger partial charge in [-0.1, -0.05) is 17.8 Å². The van der Waals surface area contributed by atoms with Gasteiger partial charge >= 0.3 is 0 Å². The van der Waals surface area contributed by atoms with Crippen LogP contribution in [0.1, 0.15) is 12.8 Å². The average Bonchev–Trinajstić information content (AvgIpc) is 2.37. The lowest BCUT2D eigenvalue weighted by Crippen LogP contribution is -2.39. The molecule has 5 nitrogen and oxygen atoms in total. The zero-order valence-electron chi connectivity index (χ0n) is 10.5. The van der Waals surface area contributed by atoms with Crippen molar-refractivity contribution in [2.75, 3.05) is 24.6 Å². The molecule has 0 aromatic heterocycles. The summed E-state index contributed by atoms with van der Waals surface area (Å²) in [5, 5.41) is -0.153. The zero-order chi connectivity index (χ0) is 13.7. The minimum atomic E-state index is -0.153. The fourth-order valence-corrected chi connectivity index (χ4v) is 2.57. The molecule has 0 bridgehead atoms. The van der Waals surface area contributed by atoms with Gasteiger partial charge < -0.3 is 10.5 Å². The third-order valence-electron chi connectivity index (χ3n) is 2.72. The summed E-state index contributed by atoms with van der Waals surface area (Å²) in [7, 11) is 0. The molecule has 0 saturated carbocycles. The van der Waals surface area contributed by atoms with Crippen molar-refractivity contribution in [1.82, 2.24) is 4.90 Å². The van der Waals surface area contributed by atoms with Crippen molar-refractivity contribution >= 4 is 28.6 Å². The van der Waals surface area contributed by atoms with Crippen molar-refractivity contribution in [2.45, 2.75) is 12.8 Å². The molecule has 102 valence electrons. The number of hydrogen-bond acceptors (Lipinski definition) is 5. The van der Waals surface area contributed by atoms with Gasteiger partial charge in [0.2, 0.25) is 5.91 Å². The van der Waals surface area contributed by atoms with Gasteiger partial charge in [-0.2, -0.15) is 0 Å². The van der Waals surface area contributed by atoms with E-state index in [2.05, 4.69) is 0 Å². The van der Waals surface area contributed by atoms with Crippen LogP contribution in [0.15, 0.2) is 24.3 Å². The number of carbonyl (C=O) groups is 2. The van der Waals surface area contributed by atoms with Crippen molar-refractivity contribution in [2.24, 2.45) is 0 Å². The second kappa shape index (κ2) is 6.47. The Balaban J connectivity index is 1.74. The largest absolute Gasteiger partial charge is 0.493 e. The topological polar surface area (TPSA) is 72.6 Å². The van der Waals surface area contributed by atoms with Gasteiger partial charge in [0, 0.05) is 30.5 Å². The number of carbonyl (C=O) groups excluding carboxylic acids is 2. The summed E-state index contributed by atoms with van der Waals surface area (Å²) in [5.41, 5.74) is 6.28. The van der Waals surface area contributed by atoms with Crippen LogP contribution in [0, 0.1) is 0 Å². The summed E-state index contributed by atoms with van der Waals surface area (Å²) in [6.45, 7) is 0.859. The highest BCUT2D eigenvalue weighted by atomic mass is 32.2. The van der Waals surface area contributed by atoms with E-state index in [9.17, 15) is 9.59 Å². The van der Waals surface area contributed by atoms with Gasteiger partial charge in [0.15, 0.2) is 0 Å². The first kappa shape index (κ1) is 13.7. The van der Waals surface area contributed by atoms with Gasteiger partial charge in [-0.15, -0.1) is 0 Å². The Bertz CT molecular complexity index is 463. The number of ether oxygens (including phenoxy) is 1. The molecule has 0 unspecified atom stereocenters. The van der Waals surface area contributed by atoms with E-state index < -0.39 is 0 Å². The number of imide groups is 1. The average molecular weight is 280 g/mol. The summed E-state index contributed by atoms with van der Waals surface area (Å²) in [5.74, 6) is 1.20. The van der Waals surface area contributed by atoms with Crippen LogP contribution in [0.2, 0.25) is 0 Å². The van der Waals surface area contributed by atoms with E-state index in [1.807, 2.05) is 12.1 Å². The van der Waals surface area contributed by atoms with E-state index in [-0.39, 0.29) is 11.1 Å². The molecule has 1 heterocycles. The molecule has 0 aliphatic carbocycles. The van der Waals surface area contributed by atoms with Gasteiger partial charge in [-0.25, -0.2) is 0 Å². The fourth-order valence-electron chi connectivity index (χ4n) is 1.77. The minimum absolute atomic E-state index is 0.0901. The third-order valence-corrected chi connectivity index (χ3v) is 3.59. The number of rotatable bonds is 5. The van der Waals surface area contributed by atoms with Crippen LogP contribution in [0.5, 0.6) is 5.75 Å². The molecule has 0 radical (unpaired) electrons. The van der Waals surface area contributed by atoms with E-state index in [4.69, 9.17) is 10.5 Å². The maximum atomic E-state index is 11.5. The number of nitrogens with zero attached hydrogens (tertiary/aromatic N) is 1. The van der Waals surface area contributed by atoms with E-state index in [0.717, 1.165) is 0 Å². The number of benzene rings is 1. The lowest BCUT2D eigenvalue weighted by atomic mass is 10.3. The smallest absolute Gasteiger partial charge is 0.288 e. The van der Waals surface area contributed by atoms with Gasteiger partial charge in [-0.3, -0.25) is 14.5 Å². The highest BCUT2D eigenvalue weighted by Gasteiger charge is 2.25. The summed E-state index contributed by atoms with van der Waals surface area (Å²) in [6.07, 6.45) is 1.05. The van der Waals surface area contributed by atoms with Gasteiger partial charge in [0.1, 0.15) is 5.75 Å². The Kier molecular flexibility index (Phi) is 4.68. The van der Waals surface area contributed by atoms with Crippen molar-refractivity contribution in [3.05, 3.63) is 24.3 Å². The number of amides is 2. The number of anilines is 1. The van der Waals surface area contributed by atoms with E-state index >= 15 is 0 Å². The Morgan fingerprint density at radius 1 is 1.37 bits per heavy atom. The number of nitrogen functional groups attached to an aromatic ring is 1. The normalized spacial score (nSPS) is 15.7. The second-order valence-corrected chi connectivity index (χ2v) is 5.23. The van der Waals surface area contributed by atoms with Crippen LogP contribution < -0.4 is 10.5 Å². The molecule has 6 heteroatoms. The lowest BCUT2D eigenvalue weighted by Gasteiger charge is -2.23. The molecule has 0 atom stereocenters. The van der Waals surface area contributed by atoms with Crippen molar-refractivity contribution < 1.29 is 14.3 Å². The summed E-state index contributed by atoms with van der Waals surface area (Å²) >= 11 is 1.20. The second-order valence-electron chi connectivity index (χ2n) is 4.18. The molecule has 2 N–H and O–H groups in total. The van der Waals surface area contributed by atoms with Gasteiger partial charge in [0.05, 0.1) is 6.61 Å². The monoisotopic (exact) mass is 280 g/mol. The van der Waals surface area contributed by atoms with E-state index in [1.165, 1.54) is 16.7 Å². The zero-order valence-corrected chi connectivity index (χ0v) is 11.3. The maximum Gasteiger partial charge on any atom is 0.288 e. The SMILES string of the molecule is Nc1cccc(OCCCN2C(=O)CCSC2=O)c1. The van der Waals surface area contributed by atoms with Crippen LogP contribution in [-0.4, -0.2) is 35.0 Å². The molecule has 19 heavy (non-hydrogen) atoms. The van der Waals surface area contributed by atoms with Crippen LogP contribution >= 0.6 is 11.8 Å². The summed E-state index contributed by atoms with van der Waals surface area (Å²) in [6, 6.07) is 7.17. The van der Waals surface area contributed by atoms with Crippen molar-refractivity contribution in [3.63, 3.8) is 0 Å². The van der Waals surface area contributed by atoms with Crippen LogP contribution in [-0.2, 0) is 4.79 Å². The lowest BCUT2D eigenvalue weighted by molar-refractivity contribution is -0.127. The maximum absolute atomic E-state index is 11.5. The molecule has 1 aromatic carbocycles. The Hall–Kier alpha value is -1.69. The van der Waals surface area contributed by atoms with Crippen LogP contribution in [0.4, 0.5) is 10.5 Å². The molecule has 2 amide bonds. The Morgan fingerprint density at radius 2 is 2.21 bits per heavy atom. The molecule has 1 aliphatic rings. The number of nitrogens with two attached hydrogens (primary N) is 1. The standard InChI is InChI=1S/C13H16N2O3S/c14-10-3-1-4-11(9-10)18-7-2-6-15-12(16)5-8-19-13(15)17/h1,3-4,9H,2,5-8,14H2. The van der Waals surface area contributed by atoms with Crippen LogP contribution in [0.25, 0.3) is 0 Å². The molecule has 1 fully saturated rings. The third kappa shape index (κ3) is 3.89. The quantitative estimate of drug-likeness (QED) is 0.660. The predicted octanol–water partition coefficient (Wildman–Crippen LogP) is 2.12. The molecule has 1 aliphatic heterocycles. The van der Waals surface area contributed by atoms with Crippen LogP contribution in [0.3, 0.4) is 0 Å². The molecule has 2 rings (SSSR count). The minimum Gasteiger partial charge on any atom is -0.493 e. The van der Waals surface area contributed by atoms with E-state index in [1.54, 1.807) is 12.1 Å². The van der Waals surface area contributed by atoms with Gasteiger partial charge in [0.25, 0.3) is 5.24 Å². The molecular formula is C13H16N2O3S. The summed E-state index contributed by atoms with van der Waals surface area (Å²) in [4.78, 5) is 24.4.